The maximum atomic E-state index is 5.51. The summed E-state index contributed by atoms with van der Waals surface area (Å²) in [5, 5.41) is 10.9. The summed E-state index contributed by atoms with van der Waals surface area (Å²) < 4.78 is 7.24. The van der Waals surface area contributed by atoms with Crippen LogP contribution in [-0.2, 0) is 0 Å². The smallest absolute Gasteiger partial charge is 0.235 e. The molecule has 5 heteroatoms. The van der Waals surface area contributed by atoms with Crippen LogP contribution in [0.5, 0.6) is 0 Å². The topological polar surface area (TPSA) is 35.6 Å². The first-order valence-electron chi connectivity index (χ1n) is 17.9. The maximum Gasteiger partial charge on any atom is 0.235 e. The molecule has 0 unspecified atom stereocenters. The minimum atomic E-state index is 0.656. The van der Waals surface area contributed by atoms with Crippen LogP contribution in [0, 0.1) is 0 Å². The van der Waals surface area contributed by atoms with E-state index in [0.717, 1.165) is 38.9 Å². The van der Waals surface area contributed by atoms with Gasteiger partial charge in [-0.25, -0.2) is 9.97 Å². The Morgan fingerprint density at radius 1 is 0.396 bits per heavy atom. The molecule has 12 rings (SSSR count). The summed E-state index contributed by atoms with van der Waals surface area (Å²) >= 11 is 1.84. The van der Waals surface area contributed by atoms with Gasteiger partial charge >= 0.3 is 0 Å². The highest BCUT2D eigenvalue weighted by molar-refractivity contribution is 7.25. The molecule has 0 aliphatic carbocycles. The highest BCUT2D eigenvalue weighted by Crippen LogP contribution is 2.41. The highest BCUT2D eigenvalue weighted by atomic mass is 32.1. The van der Waals surface area contributed by atoms with Crippen LogP contribution in [-0.4, -0.2) is 19.1 Å². The molecule has 4 aromatic heterocycles. The predicted molar refractivity (Wildman–Crippen MR) is 224 cm³/mol. The first-order valence-corrected chi connectivity index (χ1v) is 18.7. The normalized spacial score (nSPS) is 12.2. The average molecular weight is 693 g/mol. The Bertz CT molecular complexity index is 3420. The molecule has 0 atom stereocenters. The molecule has 0 saturated heterocycles. The summed E-state index contributed by atoms with van der Waals surface area (Å²) in [6.07, 6.45) is 0. The van der Waals surface area contributed by atoms with Crippen LogP contribution in [0.1, 0.15) is 0 Å². The zero-order valence-corrected chi connectivity index (χ0v) is 29.2. The second-order valence-corrected chi connectivity index (χ2v) is 14.9. The number of hydrogen-bond donors (Lipinski definition) is 0. The van der Waals surface area contributed by atoms with E-state index in [2.05, 4.69) is 179 Å². The predicted octanol–water partition coefficient (Wildman–Crippen LogP) is 13.0. The fraction of sp³-hybridized carbons (Fsp3) is 0. The lowest BCUT2D eigenvalue weighted by atomic mass is 10.0. The van der Waals surface area contributed by atoms with Crippen LogP contribution in [0.3, 0.4) is 0 Å². The number of fused-ring (bicyclic) bond motifs is 12. The molecule has 8 aromatic carbocycles. The summed E-state index contributed by atoms with van der Waals surface area (Å²) in [5.41, 5.74) is 8.53. The number of rotatable bonds is 3. The minimum absolute atomic E-state index is 0.656. The van der Waals surface area contributed by atoms with Crippen LogP contribution in [0.25, 0.3) is 108 Å². The molecule has 0 amide bonds. The van der Waals surface area contributed by atoms with Gasteiger partial charge in [-0.2, -0.15) is 0 Å². The maximum absolute atomic E-state index is 5.51. The minimum Gasteiger partial charge on any atom is -0.309 e. The SMILES string of the molecule is c1ccc2c(c1)ccc1c2c2ccc(-n3c4ccccc4c4ccccc43)cc2n1-c1nc(-c2ccc3sc4ccccc4c3c2)c2ccccc2n1. The van der Waals surface area contributed by atoms with Gasteiger partial charge in [0.05, 0.1) is 33.3 Å². The number of thiophene rings is 1. The largest absolute Gasteiger partial charge is 0.309 e. The summed E-state index contributed by atoms with van der Waals surface area (Å²) in [7, 11) is 0. The third-order valence-corrected chi connectivity index (χ3v) is 12.1. The third kappa shape index (κ3) is 4.11. The van der Waals surface area contributed by atoms with Crippen LogP contribution in [0.4, 0.5) is 0 Å². The molecule has 0 bridgehead atoms. The van der Waals surface area contributed by atoms with Crippen molar-refractivity contribution in [3.05, 3.63) is 170 Å². The molecule has 246 valence electrons. The quantitative estimate of drug-likeness (QED) is 0.185. The van der Waals surface area contributed by atoms with E-state index in [1.165, 1.54) is 63.5 Å². The molecule has 0 saturated carbocycles. The van der Waals surface area contributed by atoms with E-state index in [1.807, 2.05) is 11.3 Å². The zero-order valence-electron chi connectivity index (χ0n) is 28.4. The fourth-order valence-corrected chi connectivity index (χ4v) is 9.68. The van der Waals surface area contributed by atoms with E-state index in [4.69, 9.17) is 9.97 Å². The van der Waals surface area contributed by atoms with Gasteiger partial charge in [0.15, 0.2) is 0 Å². The van der Waals surface area contributed by atoms with Crippen molar-refractivity contribution in [2.75, 3.05) is 0 Å². The van der Waals surface area contributed by atoms with Crippen LogP contribution >= 0.6 is 11.3 Å². The van der Waals surface area contributed by atoms with Gasteiger partial charge in [0.2, 0.25) is 5.95 Å². The molecule has 4 nitrogen and oxygen atoms in total. The van der Waals surface area contributed by atoms with Crippen LogP contribution < -0.4 is 0 Å². The van der Waals surface area contributed by atoms with Crippen LogP contribution in [0.2, 0.25) is 0 Å². The van der Waals surface area contributed by atoms with Crippen molar-refractivity contribution in [1.82, 2.24) is 19.1 Å². The van der Waals surface area contributed by atoms with E-state index < -0.39 is 0 Å². The summed E-state index contributed by atoms with van der Waals surface area (Å²) in [6, 6.07) is 61.2. The van der Waals surface area contributed by atoms with Gasteiger partial charge in [-0.15, -0.1) is 11.3 Å². The van der Waals surface area contributed by atoms with Crippen molar-refractivity contribution in [3.8, 4) is 22.9 Å². The van der Waals surface area contributed by atoms with Crippen molar-refractivity contribution in [2.24, 2.45) is 0 Å². The average Bonchev–Trinajstić information content (AvgIpc) is 3.87. The molecule has 0 radical (unpaired) electrons. The first-order chi connectivity index (χ1) is 26.3. The summed E-state index contributed by atoms with van der Waals surface area (Å²) in [4.78, 5) is 10.8. The van der Waals surface area contributed by atoms with Gasteiger partial charge in [-0.1, -0.05) is 115 Å². The van der Waals surface area contributed by atoms with E-state index in [0.29, 0.717) is 5.95 Å². The van der Waals surface area contributed by atoms with Gasteiger partial charge < -0.3 is 4.57 Å². The van der Waals surface area contributed by atoms with Gasteiger partial charge in [0, 0.05) is 58.4 Å². The molecule has 53 heavy (non-hydrogen) atoms. The number of nitrogens with zero attached hydrogens (tertiary/aromatic N) is 4. The highest BCUT2D eigenvalue weighted by Gasteiger charge is 2.21. The summed E-state index contributed by atoms with van der Waals surface area (Å²) in [6.45, 7) is 0. The molecule has 0 aliphatic heterocycles. The van der Waals surface area contributed by atoms with Gasteiger partial charge in [-0.3, -0.25) is 4.57 Å². The van der Waals surface area contributed by atoms with Gasteiger partial charge in [-0.05, 0) is 65.4 Å². The lowest BCUT2D eigenvalue weighted by Crippen LogP contribution is -2.04. The lowest BCUT2D eigenvalue weighted by Gasteiger charge is -2.13. The Balaban J connectivity index is 1.18. The molecule has 0 spiro atoms. The fourth-order valence-electron chi connectivity index (χ4n) is 8.59. The van der Waals surface area contributed by atoms with E-state index in [-0.39, 0.29) is 0 Å². The molecular formula is C48H28N4S. The van der Waals surface area contributed by atoms with Gasteiger partial charge in [0.1, 0.15) is 0 Å². The van der Waals surface area contributed by atoms with E-state index in [9.17, 15) is 0 Å². The molecule has 0 fully saturated rings. The molecule has 12 aromatic rings. The van der Waals surface area contributed by atoms with Crippen molar-refractivity contribution < 1.29 is 0 Å². The third-order valence-electron chi connectivity index (χ3n) is 10.9. The number of para-hydroxylation sites is 3. The molecule has 0 N–H and O–H groups in total. The number of hydrogen-bond acceptors (Lipinski definition) is 3. The molecule has 4 heterocycles. The standard InChI is InChI=1S/C48H28N4S/c1-2-12-32-29(11-1)21-25-42-46(32)37-24-23-31(51-40-18-8-4-13-33(40)34-14-5-9-19-41(34)51)28-43(37)52(42)48-49-39-17-7-3-16-36(39)47(50-48)30-22-26-45-38(27-30)35-15-6-10-20-44(35)53-45/h1-28H. The van der Waals surface area contributed by atoms with Crippen molar-refractivity contribution in [3.63, 3.8) is 0 Å². The Kier molecular flexibility index (Phi) is 5.90. The van der Waals surface area contributed by atoms with Crippen LogP contribution in [0.15, 0.2) is 170 Å². The van der Waals surface area contributed by atoms with E-state index in [1.54, 1.807) is 0 Å². The second-order valence-electron chi connectivity index (χ2n) is 13.8. The molecule has 0 aliphatic rings. The first kappa shape index (κ1) is 28.8. The number of aromatic nitrogens is 4. The van der Waals surface area contributed by atoms with E-state index >= 15 is 0 Å². The van der Waals surface area contributed by atoms with Crippen molar-refractivity contribution >= 4 is 96.8 Å². The Labute approximate surface area is 307 Å². The Morgan fingerprint density at radius 2 is 1.08 bits per heavy atom. The lowest BCUT2D eigenvalue weighted by molar-refractivity contribution is 1.01. The molecular weight excluding hydrogens is 665 g/mol. The van der Waals surface area contributed by atoms with Crippen molar-refractivity contribution in [1.29, 1.82) is 0 Å². The number of benzene rings is 8. The van der Waals surface area contributed by atoms with Gasteiger partial charge in [0.25, 0.3) is 0 Å². The monoisotopic (exact) mass is 692 g/mol. The Hall–Kier alpha value is -6.82. The second kappa shape index (κ2) is 10.8. The zero-order chi connectivity index (χ0) is 34.6. The Morgan fingerprint density at radius 3 is 1.91 bits per heavy atom. The summed E-state index contributed by atoms with van der Waals surface area (Å²) in [5.74, 6) is 0.656. The van der Waals surface area contributed by atoms with Crippen molar-refractivity contribution in [2.45, 2.75) is 0 Å².